The minimum absolute atomic E-state index is 0.0561. The van der Waals surface area contributed by atoms with Crippen LogP contribution in [0.1, 0.15) is 18.1 Å². The van der Waals surface area contributed by atoms with Gasteiger partial charge in [0.05, 0.1) is 20.8 Å². The number of hydrogen-bond acceptors (Lipinski definition) is 5. The number of hydrogen-bond donors (Lipinski definition) is 2. The Bertz CT molecular complexity index is 462. The maximum atomic E-state index is 11.3. The first-order chi connectivity index (χ1) is 9.54. The lowest BCUT2D eigenvalue weighted by atomic mass is 10.1. The number of aliphatic hydroxyl groups is 1. The number of aliphatic carboxylic acids is 1. The van der Waals surface area contributed by atoms with Crippen LogP contribution in [-0.4, -0.2) is 43.6 Å². The number of aliphatic hydroxyl groups excluding tert-OH is 1. The predicted octanol–water partition coefficient (Wildman–Crippen LogP) is 1.99. The molecule has 0 radical (unpaired) electrons. The highest BCUT2D eigenvalue weighted by Gasteiger charge is 2.25. The summed E-state index contributed by atoms with van der Waals surface area (Å²) in [5.74, 6) is -0.207. The molecule has 0 aliphatic carbocycles. The second-order valence-corrected chi connectivity index (χ2v) is 4.75. The maximum Gasteiger partial charge on any atom is 0.337 e. The van der Waals surface area contributed by atoms with Crippen LogP contribution in [0.3, 0.4) is 0 Å². The molecule has 7 heteroatoms. The Morgan fingerprint density at radius 2 is 1.90 bits per heavy atom. The lowest BCUT2D eigenvalue weighted by Gasteiger charge is -2.17. The van der Waals surface area contributed by atoms with Crippen LogP contribution < -0.4 is 9.47 Å². The first kappa shape index (κ1) is 16.7. The van der Waals surface area contributed by atoms with Crippen molar-refractivity contribution in [2.24, 2.45) is 0 Å². The van der Waals surface area contributed by atoms with E-state index in [1.807, 2.05) is 0 Å². The van der Waals surface area contributed by atoms with Crippen molar-refractivity contribution >= 4 is 21.9 Å². The molecule has 2 N–H and O–H groups in total. The molecule has 6 nitrogen and oxygen atoms in total. The second kappa shape index (κ2) is 8.08. The molecule has 1 atom stereocenters. The molecule has 0 aromatic heterocycles. The summed E-state index contributed by atoms with van der Waals surface area (Å²) in [7, 11) is 2.97. The molecule has 0 aliphatic rings. The molecule has 1 aromatic rings. The summed E-state index contributed by atoms with van der Waals surface area (Å²) >= 11 is 3.30. The zero-order valence-corrected chi connectivity index (χ0v) is 12.8. The van der Waals surface area contributed by atoms with E-state index in [4.69, 9.17) is 19.3 Å². The molecule has 112 valence electrons. The fraction of sp³-hybridized carbons (Fsp3) is 0.462. The first-order valence-electron chi connectivity index (χ1n) is 5.91. The molecule has 0 heterocycles. The molecule has 1 rings (SSSR count). The SMILES string of the molecule is COc1cc(Br)c(C(OCCCO)C(=O)O)cc1OC. The van der Waals surface area contributed by atoms with Crippen molar-refractivity contribution in [3.8, 4) is 11.5 Å². The minimum Gasteiger partial charge on any atom is -0.493 e. The van der Waals surface area contributed by atoms with Crippen LogP contribution in [0.2, 0.25) is 0 Å². The van der Waals surface area contributed by atoms with E-state index in [0.29, 0.717) is 28.0 Å². The third kappa shape index (κ3) is 4.09. The van der Waals surface area contributed by atoms with Crippen LogP contribution in [0.25, 0.3) is 0 Å². The molecule has 0 saturated heterocycles. The van der Waals surface area contributed by atoms with Gasteiger partial charge in [0.25, 0.3) is 0 Å². The highest BCUT2D eigenvalue weighted by Crippen LogP contribution is 2.37. The van der Waals surface area contributed by atoms with Crippen LogP contribution in [0.4, 0.5) is 0 Å². The van der Waals surface area contributed by atoms with Crippen molar-refractivity contribution in [2.75, 3.05) is 27.4 Å². The Morgan fingerprint density at radius 3 is 2.40 bits per heavy atom. The molecule has 0 fully saturated rings. The monoisotopic (exact) mass is 348 g/mol. The highest BCUT2D eigenvalue weighted by atomic mass is 79.9. The van der Waals surface area contributed by atoms with Crippen molar-refractivity contribution in [3.63, 3.8) is 0 Å². The fourth-order valence-electron chi connectivity index (χ4n) is 1.63. The van der Waals surface area contributed by atoms with Gasteiger partial charge in [-0.2, -0.15) is 0 Å². The Balaban J connectivity index is 3.09. The zero-order valence-electron chi connectivity index (χ0n) is 11.3. The number of halogens is 1. The van der Waals surface area contributed by atoms with Gasteiger partial charge < -0.3 is 24.4 Å². The Morgan fingerprint density at radius 1 is 1.30 bits per heavy atom. The van der Waals surface area contributed by atoms with Gasteiger partial charge in [0.1, 0.15) is 0 Å². The summed E-state index contributed by atoms with van der Waals surface area (Å²) in [6, 6.07) is 3.18. The van der Waals surface area contributed by atoms with Crippen molar-refractivity contribution in [1.29, 1.82) is 0 Å². The van der Waals surface area contributed by atoms with E-state index >= 15 is 0 Å². The summed E-state index contributed by atoms with van der Waals surface area (Å²) in [5, 5.41) is 18.0. The number of carboxylic acid groups (broad SMARTS) is 1. The topological polar surface area (TPSA) is 85.2 Å². The van der Waals surface area contributed by atoms with E-state index in [-0.39, 0.29) is 13.2 Å². The summed E-state index contributed by atoms with van der Waals surface area (Å²) in [6.45, 7) is 0.0910. The first-order valence-corrected chi connectivity index (χ1v) is 6.71. The number of rotatable bonds is 8. The molecular weight excluding hydrogens is 332 g/mol. The molecule has 0 saturated carbocycles. The van der Waals surface area contributed by atoms with Crippen LogP contribution in [0, 0.1) is 0 Å². The van der Waals surface area contributed by atoms with Crippen molar-refractivity contribution in [1.82, 2.24) is 0 Å². The third-order valence-corrected chi connectivity index (χ3v) is 3.28. The Kier molecular flexibility index (Phi) is 6.77. The lowest BCUT2D eigenvalue weighted by molar-refractivity contribution is -0.151. The van der Waals surface area contributed by atoms with E-state index in [1.54, 1.807) is 12.1 Å². The van der Waals surface area contributed by atoms with Crippen LogP contribution in [-0.2, 0) is 9.53 Å². The van der Waals surface area contributed by atoms with Gasteiger partial charge in [-0.15, -0.1) is 0 Å². The predicted molar refractivity (Wildman–Crippen MR) is 75.3 cm³/mol. The van der Waals surface area contributed by atoms with E-state index in [2.05, 4.69) is 15.9 Å². The largest absolute Gasteiger partial charge is 0.493 e. The van der Waals surface area contributed by atoms with Gasteiger partial charge >= 0.3 is 5.97 Å². The summed E-state index contributed by atoms with van der Waals surface area (Å²) in [6.07, 6.45) is -0.773. The molecule has 20 heavy (non-hydrogen) atoms. The van der Waals surface area contributed by atoms with Crippen molar-refractivity contribution < 1.29 is 29.2 Å². The molecule has 0 aliphatic heterocycles. The van der Waals surface area contributed by atoms with E-state index in [0.717, 1.165) is 0 Å². The van der Waals surface area contributed by atoms with Gasteiger partial charge in [-0.05, 0) is 18.6 Å². The van der Waals surface area contributed by atoms with Gasteiger partial charge in [0.15, 0.2) is 17.6 Å². The van der Waals surface area contributed by atoms with Crippen molar-refractivity contribution in [2.45, 2.75) is 12.5 Å². The molecule has 0 amide bonds. The molecular formula is C13H17BrO6. The number of benzene rings is 1. The summed E-state index contributed by atoms with van der Waals surface area (Å²) in [5.41, 5.74) is 0.424. The van der Waals surface area contributed by atoms with Crippen LogP contribution in [0.5, 0.6) is 11.5 Å². The van der Waals surface area contributed by atoms with E-state index in [1.165, 1.54) is 14.2 Å². The van der Waals surface area contributed by atoms with Crippen molar-refractivity contribution in [3.05, 3.63) is 22.2 Å². The van der Waals surface area contributed by atoms with Gasteiger partial charge in [-0.25, -0.2) is 4.79 Å². The average Bonchev–Trinajstić information content (AvgIpc) is 2.43. The van der Waals surface area contributed by atoms with Crippen LogP contribution in [0.15, 0.2) is 16.6 Å². The standard InChI is InChI=1S/C13H17BrO6/c1-18-10-6-8(9(14)7-11(10)19-2)12(13(16)17)20-5-3-4-15/h6-7,12,15H,3-5H2,1-2H3,(H,16,17). The van der Waals surface area contributed by atoms with E-state index < -0.39 is 12.1 Å². The quantitative estimate of drug-likeness (QED) is 0.699. The summed E-state index contributed by atoms with van der Waals surface area (Å²) < 4.78 is 16.1. The molecule has 1 aromatic carbocycles. The normalized spacial score (nSPS) is 12.0. The summed E-state index contributed by atoms with van der Waals surface area (Å²) in [4.78, 5) is 11.3. The lowest BCUT2D eigenvalue weighted by Crippen LogP contribution is -2.17. The van der Waals surface area contributed by atoms with Gasteiger partial charge in [-0.1, -0.05) is 15.9 Å². The number of carboxylic acids is 1. The minimum atomic E-state index is -1.14. The highest BCUT2D eigenvalue weighted by molar-refractivity contribution is 9.10. The van der Waals surface area contributed by atoms with Gasteiger partial charge in [-0.3, -0.25) is 0 Å². The Labute approximate surface area is 125 Å². The van der Waals surface area contributed by atoms with E-state index in [9.17, 15) is 9.90 Å². The average molecular weight is 349 g/mol. The zero-order chi connectivity index (χ0) is 15.1. The number of ether oxygens (including phenoxy) is 3. The number of methoxy groups -OCH3 is 2. The molecule has 0 spiro atoms. The Hall–Kier alpha value is -1.31. The van der Waals surface area contributed by atoms with Gasteiger partial charge in [0.2, 0.25) is 0 Å². The second-order valence-electron chi connectivity index (χ2n) is 3.89. The smallest absolute Gasteiger partial charge is 0.337 e. The third-order valence-electron chi connectivity index (χ3n) is 2.60. The molecule has 0 bridgehead atoms. The number of carbonyl (C=O) groups is 1. The molecule has 1 unspecified atom stereocenters. The van der Waals surface area contributed by atoms with Gasteiger partial charge in [0, 0.05) is 16.6 Å². The fourth-order valence-corrected chi connectivity index (χ4v) is 2.16. The maximum absolute atomic E-state index is 11.3. The van der Waals surface area contributed by atoms with Crippen LogP contribution >= 0.6 is 15.9 Å².